The minimum absolute atomic E-state index is 0.0406. The zero-order valence-electron chi connectivity index (χ0n) is 65.0. The Hall–Kier alpha value is -7.79. The van der Waals surface area contributed by atoms with E-state index in [1.165, 1.54) is 92.5 Å². The van der Waals surface area contributed by atoms with Crippen molar-refractivity contribution in [2.24, 2.45) is 29.6 Å². The molecule has 584 valence electrons. The average Bonchev–Trinajstić information content (AvgIpc) is 0.873. The lowest BCUT2D eigenvalue weighted by Crippen LogP contribution is -2.64. The van der Waals surface area contributed by atoms with Crippen molar-refractivity contribution in [3.63, 3.8) is 0 Å². The second-order valence-electron chi connectivity index (χ2n) is 30.4. The Kier molecular flexibility index (Phi) is 32.6. The van der Waals surface area contributed by atoms with Crippen LogP contribution in [0, 0.1) is 29.6 Å². The van der Waals surface area contributed by atoms with Crippen molar-refractivity contribution in [3.05, 3.63) is 35.9 Å². The number of benzene rings is 1. The van der Waals surface area contributed by atoms with Gasteiger partial charge in [-0.1, -0.05) is 112 Å². The number of aliphatic hydroxyl groups is 3. The van der Waals surface area contributed by atoms with E-state index >= 15 is 0 Å². The van der Waals surface area contributed by atoms with Gasteiger partial charge in [-0.15, -0.1) is 0 Å². The summed E-state index contributed by atoms with van der Waals surface area (Å²) in [7, 11) is 8.10. The van der Waals surface area contributed by atoms with Crippen molar-refractivity contribution in [3.8, 4) is 0 Å². The number of methoxy groups -OCH3 is 1. The molecule has 1 aromatic rings. The van der Waals surface area contributed by atoms with Crippen molar-refractivity contribution >= 4 is 76.9 Å². The molecule has 0 aliphatic carbocycles. The Labute approximate surface area is 615 Å². The van der Waals surface area contributed by atoms with Crippen LogP contribution in [0.5, 0.6) is 0 Å². The highest BCUT2D eigenvalue weighted by atomic mass is 16.5. The Morgan fingerprint density at radius 1 is 0.442 bits per heavy atom. The Balaban J connectivity index is 1.27. The van der Waals surface area contributed by atoms with Gasteiger partial charge in [0, 0.05) is 67.8 Å². The zero-order chi connectivity index (χ0) is 78.2. The van der Waals surface area contributed by atoms with Crippen LogP contribution in [0.1, 0.15) is 173 Å². The molecule has 17 atom stereocenters. The average molecular weight is 1460 g/mol. The molecule has 0 bridgehead atoms. The lowest BCUT2D eigenvalue weighted by molar-refractivity contribution is -0.162. The van der Waals surface area contributed by atoms with E-state index in [1.807, 2.05) is 26.8 Å². The third kappa shape index (κ3) is 20.4. The van der Waals surface area contributed by atoms with E-state index in [9.17, 15) is 77.6 Å². The Morgan fingerprint density at radius 3 is 1.38 bits per heavy atom. The highest BCUT2D eigenvalue weighted by molar-refractivity contribution is 6.00. The first-order chi connectivity index (χ1) is 48.8. The fourth-order valence-electron chi connectivity index (χ4n) is 15.4. The topological polar surface area (TPSA) is 357 Å². The molecule has 104 heavy (non-hydrogen) atoms. The largest absolute Gasteiger partial charge is 0.467 e. The summed E-state index contributed by atoms with van der Waals surface area (Å²) in [5.41, 5.74) is 0.741. The summed E-state index contributed by atoms with van der Waals surface area (Å²) in [5.74, 6) is -11.0. The fourth-order valence-corrected chi connectivity index (χ4v) is 15.4. The number of nitrogens with zero attached hydrogens (tertiary/aromatic N) is 9. The smallest absolute Gasteiger partial charge is 0.328 e. The molecular formula is C75H122N12O17. The second-order valence-corrected chi connectivity index (χ2v) is 30.4. The monoisotopic (exact) mass is 1460 g/mol. The van der Waals surface area contributed by atoms with Crippen LogP contribution >= 0.6 is 0 Å². The highest BCUT2D eigenvalue weighted by Crippen LogP contribution is 2.30. The van der Waals surface area contributed by atoms with Crippen LogP contribution < -0.4 is 16.0 Å². The quantitative estimate of drug-likeness (QED) is 0.0561. The number of piperidine rings is 2. The van der Waals surface area contributed by atoms with Gasteiger partial charge in [-0.05, 0) is 120 Å². The van der Waals surface area contributed by atoms with E-state index in [2.05, 4.69) is 16.0 Å². The summed E-state index contributed by atoms with van der Waals surface area (Å²) < 4.78 is 5.04. The van der Waals surface area contributed by atoms with E-state index in [4.69, 9.17) is 4.74 Å². The summed E-state index contributed by atoms with van der Waals surface area (Å²) in [5, 5.41) is 42.0. The molecule has 12 amide bonds. The third-order valence-corrected chi connectivity index (χ3v) is 21.8. The van der Waals surface area contributed by atoms with Gasteiger partial charge in [0.2, 0.25) is 65.0 Å². The number of likely N-dealkylation sites (N-methyl/N-ethyl adjacent to an activating group) is 5. The van der Waals surface area contributed by atoms with Crippen LogP contribution in [-0.2, 0) is 73.5 Å². The molecule has 0 saturated carbocycles. The van der Waals surface area contributed by atoms with Gasteiger partial charge in [0.25, 0.3) is 5.91 Å². The van der Waals surface area contributed by atoms with Crippen molar-refractivity contribution in [1.29, 1.82) is 0 Å². The van der Waals surface area contributed by atoms with Crippen LogP contribution in [-0.4, -0.2) is 296 Å². The number of ether oxygens (including phenoxy) is 1. The van der Waals surface area contributed by atoms with Gasteiger partial charge in [0.05, 0.1) is 19.3 Å². The molecule has 0 radical (unpaired) electrons. The van der Waals surface area contributed by atoms with E-state index in [0.29, 0.717) is 57.8 Å². The lowest BCUT2D eigenvalue weighted by Gasteiger charge is -2.43. The van der Waals surface area contributed by atoms with Gasteiger partial charge in [-0.2, -0.15) is 0 Å². The maximum Gasteiger partial charge on any atom is 0.328 e. The lowest BCUT2D eigenvalue weighted by atomic mass is 9.92. The first-order valence-electron chi connectivity index (χ1n) is 37.5. The van der Waals surface area contributed by atoms with E-state index in [0.717, 1.165) is 20.3 Å². The number of likely N-dealkylation sites (tertiary alicyclic amines) is 4. The molecule has 5 rings (SSSR count). The first kappa shape index (κ1) is 86.8. The van der Waals surface area contributed by atoms with Crippen molar-refractivity contribution < 1.29 is 82.4 Å². The third-order valence-electron chi connectivity index (χ3n) is 21.8. The summed E-state index contributed by atoms with van der Waals surface area (Å²) in [6.45, 7) is 22.3. The minimum Gasteiger partial charge on any atom is -0.467 e. The molecule has 4 heterocycles. The summed E-state index contributed by atoms with van der Waals surface area (Å²) in [4.78, 5) is 199. The van der Waals surface area contributed by atoms with Crippen LogP contribution in [0.4, 0.5) is 0 Å². The summed E-state index contributed by atoms with van der Waals surface area (Å²) >= 11 is 0. The molecule has 0 spiro atoms. The normalized spacial score (nSPS) is 21.5. The summed E-state index contributed by atoms with van der Waals surface area (Å²) in [6.07, 6.45) is 0.782. The molecule has 6 N–H and O–H groups in total. The first-order valence-corrected chi connectivity index (χ1v) is 37.5. The molecular weight excluding hydrogens is 1340 g/mol. The molecule has 4 fully saturated rings. The van der Waals surface area contributed by atoms with E-state index < -0.39 is 191 Å². The van der Waals surface area contributed by atoms with Gasteiger partial charge in [-0.25, -0.2) is 4.79 Å². The second kappa shape index (κ2) is 39.0. The number of hydrogen-bond acceptors (Lipinski definition) is 17. The Bertz CT molecular complexity index is 3170. The molecule has 3 unspecified atom stereocenters. The minimum atomic E-state index is -1.65. The number of carbonyl (C=O) groups is 13. The molecule has 29 nitrogen and oxygen atoms in total. The molecule has 29 heteroatoms. The summed E-state index contributed by atoms with van der Waals surface area (Å²) in [6, 6.07) is -5.40. The molecule has 1 aromatic carbocycles. The van der Waals surface area contributed by atoms with Crippen molar-refractivity contribution in [2.45, 2.75) is 264 Å². The van der Waals surface area contributed by atoms with Crippen LogP contribution in [0.15, 0.2) is 30.3 Å². The van der Waals surface area contributed by atoms with Crippen LogP contribution in [0.25, 0.3) is 0 Å². The van der Waals surface area contributed by atoms with Gasteiger partial charge in [-0.3, -0.25) is 57.5 Å². The maximum absolute atomic E-state index is 14.9. The van der Waals surface area contributed by atoms with E-state index in [1.54, 1.807) is 72.7 Å². The molecule has 4 aliphatic rings. The predicted molar refractivity (Wildman–Crippen MR) is 387 cm³/mol. The van der Waals surface area contributed by atoms with Crippen LogP contribution in [0.3, 0.4) is 0 Å². The number of hydrogen-bond donors (Lipinski definition) is 6. The number of carbonyl (C=O) groups excluding carboxylic acids is 13. The highest BCUT2D eigenvalue weighted by Gasteiger charge is 2.49. The number of esters is 1. The van der Waals surface area contributed by atoms with Crippen LogP contribution in [0.2, 0.25) is 0 Å². The maximum atomic E-state index is 14.9. The number of amides is 12. The predicted octanol–water partition coefficient (Wildman–Crippen LogP) is 1.94. The SMILES string of the molecule is CCC(C)[C@@H](C(=O)N1CCCC[C@H]1C(=O)OC)N(C)C(=O)[C@H](C(C)C)N(C)C(=O)[C@H](C(C)O)N(C)C(=O)[C@@H](NC(=O)[C@H](C(C)O)N(C)C(=O)[C@@H]1CCCN1C(=O)[C@H](C)NC(=O)[C@@H]1CCCCN1C(=O)[C@@H](NC(=O)[C@@H]1CCCN1C(=O)[C@H](C(C)C)N(C)C(=O)[C@H](O)Cc1ccccc1)[C@@H](C)CC)C(C)C. The number of rotatable bonds is 32. The zero-order valence-corrected chi connectivity index (χ0v) is 65.0. The number of aliphatic hydroxyl groups excluding tert-OH is 3. The fraction of sp³-hybridized carbons (Fsp3) is 0.747. The van der Waals surface area contributed by atoms with Gasteiger partial charge in [0.1, 0.15) is 78.6 Å². The molecule has 4 aliphatic heterocycles. The molecule has 4 saturated heterocycles. The number of nitrogens with one attached hydrogen (secondary N) is 3. The van der Waals surface area contributed by atoms with Gasteiger partial charge in [0.15, 0.2) is 0 Å². The Morgan fingerprint density at radius 2 is 0.875 bits per heavy atom. The van der Waals surface area contributed by atoms with Crippen molar-refractivity contribution in [2.75, 3.05) is 68.5 Å². The van der Waals surface area contributed by atoms with E-state index in [-0.39, 0.29) is 57.8 Å². The standard InChI is InChI=1S/C75H122N12O17/c1-20-45(9)57(78-64(92)52-35-29-39-85(52)73(101)59(44(7)8)79(14)68(96)55(90)41-50-31-23-22-24-32-50)70(98)84-37-27-25-33-51(84)63(91)76-47(11)66(94)86-40-30-36-53(86)67(95)82(17)61(48(12)88)65(93)77-56(42(3)4)69(97)83(18)62(49(13)89)72(100)80(15)58(43(5)6)71(99)81(16)60(46(10)21-2)74(102)87-38-28-26-34-54(87)75(103)104-19/h22-24,31-32,42-49,51-62,88-90H,20-21,25-30,33-41H2,1-19H3,(H,76,91)(H,77,93)(H,78,92)/t45-,46?,47-,48?,49?,51-,52-,53-,54-,55+,56-,57-,58-,59-,60-,61-,62-/m0/s1. The van der Waals surface area contributed by atoms with Crippen molar-refractivity contribution in [1.82, 2.24) is 60.0 Å². The van der Waals surface area contributed by atoms with Gasteiger partial charge < -0.3 is 80.1 Å². The van der Waals surface area contributed by atoms with Gasteiger partial charge >= 0.3 is 5.97 Å². The molecule has 0 aromatic heterocycles.